The molecule has 0 saturated heterocycles. The van der Waals surface area contributed by atoms with Gasteiger partial charge in [0, 0.05) is 12.1 Å². The number of rotatable bonds is 4. The molecule has 0 heterocycles. The minimum atomic E-state index is -0.578. The minimum absolute atomic E-state index is 0.0445. The second-order valence-electron chi connectivity index (χ2n) is 4.77. The van der Waals surface area contributed by atoms with Gasteiger partial charge in [-0.2, -0.15) is 0 Å². The average molecular weight is 351 g/mol. The van der Waals surface area contributed by atoms with E-state index in [0.717, 1.165) is 5.56 Å². The fourth-order valence-electron chi connectivity index (χ4n) is 1.84. The van der Waals surface area contributed by atoms with Crippen LogP contribution >= 0.6 is 23.2 Å². The number of hydrogen-bond acceptors (Lipinski definition) is 3. The highest BCUT2D eigenvalue weighted by molar-refractivity contribution is 6.34. The van der Waals surface area contributed by atoms with Crippen LogP contribution < -0.4 is 5.32 Å². The number of hydrogen-bond donors (Lipinski definition) is 1. The summed E-state index contributed by atoms with van der Waals surface area (Å²) < 4.78 is 0. The summed E-state index contributed by atoms with van der Waals surface area (Å²) in [6, 6.07) is 9.56. The molecule has 2 aromatic carbocycles. The fourth-order valence-corrected chi connectivity index (χ4v) is 2.31. The number of aryl methyl sites for hydroxylation is 1. The van der Waals surface area contributed by atoms with Crippen LogP contribution in [0.4, 0.5) is 11.4 Å². The Balaban J connectivity index is 2.12. The minimum Gasteiger partial charge on any atom is -0.321 e. The summed E-state index contributed by atoms with van der Waals surface area (Å²) in [7, 11) is 0. The maximum atomic E-state index is 11.9. The number of benzene rings is 2. The third-order valence-corrected chi connectivity index (χ3v) is 3.61. The topological polar surface area (TPSA) is 72.2 Å². The molecule has 1 amide bonds. The summed E-state index contributed by atoms with van der Waals surface area (Å²) in [5.41, 5.74) is 1.76. The molecule has 7 heteroatoms. The monoisotopic (exact) mass is 350 g/mol. The maximum absolute atomic E-state index is 11.9. The van der Waals surface area contributed by atoms with Crippen molar-refractivity contribution in [2.45, 2.75) is 6.92 Å². The van der Waals surface area contributed by atoms with Gasteiger partial charge in [0.2, 0.25) is 5.91 Å². The van der Waals surface area contributed by atoms with Crippen LogP contribution in [0.15, 0.2) is 42.5 Å². The number of amides is 1. The lowest BCUT2D eigenvalue weighted by Gasteiger charge is -2.05. The maximum Gasteiger partial charge on any atom is 0.288 e. The molecule has 2 aromatic rings. The smallest absolute Gasteiger partial charge is 0.288 e. The second-order valence-corrected chi connectivity index (χ2v) is 5.59. The first-order valence-corrected chi connectivity index (χ1v) is 7.31. The van der Waals surface area contributed by atoms with Crippen molar-refractivity contribution >= 4 is 46.6 Å². The number of nitro benzene ring substituents is 1. The average Bonchev–Trinajstić information content (AvgIpc) is 2.49. The summed E-state index contributed by atoms with van der Waals surface area (Å²) in [5.74, 6) is -0.395. The molecular weight excluding hydrogens is 339 g/mol. The summed E-state index contributed by atoms with van der Waals surface area (Å²) in [6.07, 6.45) is 2.73. The number of nitrogens with one attached hydrogen (secondary N) is 1. The summed E-state index contributed by atoms with van der Waals surface area (Å²) in [6.45, 7) is 1.89. The van der Waals surface area contributed by atoms with E-state index in [1.165, 1.54) is 24.3 Å². The van der Waals surface area contributed by atoms with Crippen LogP contribution in [0.1, 0.15) is 11.1 Å². The fraction of sp³-hybridized carbons (Fsp3) is 0.0625. The number of carbonyl (C=O) groups excluding carboxylic acids is 1. The van der Waals surface area contributed by atoms with Gasteiger partial charge in [0.15, 0.2) is 0 Å². The number of carbonyl (C=O) groups is 1. The third kappa shape index (κ3) is 4.55. The number of nitrogens with zero attached hydrogens (tertiary/aromatic N) is 1. The Morgan fingerprint density at radius 2 is 1.91 bits per heavy atom. The molecule has 0 aliphatic rings. The predicted molar refractivity (Wildman–Crippen MR) is 92.0 cm³/mol. The van der Waals surface area contributed by atoms with Crippen LogP contribution in [0.3, 0.4) is 0 Å². The Labute approximate surface area is 142 Å². The normalized spacial score (nSPS) is 10.7. The van der Waals surface area contributed by atoms with Gasteiger partial charge in [0.1, 0.15) is 5.02 Å². The Hall–Kier alpha value is -2.37. The Kier molecular flexibility index (Phi) is 5.36. The van der Waals surface area contributed by atoms with Crippen molar-refractivity contribution < 1.29 is 9.72 Å². The number of nitro groups is 1. The number of halogens is 2. The van der Waals surface area contributed by atoms with Crippen LogP contribution in [-0.4, -0.2) is 10.8 Å². The predicted octanol–water partition coefficient (Wildman–Crippen LogP) is 4.86. The highest BCUT2D eigenvalue weighted by Crippen LogP contribution is 2.26. The highest BCUT2D eigenvalue weighted by atomic mass is 35.5. The van der Waals surface area contributed by atoms with Crippen LogP contribution in [0, 0.1) is 17.0 Å². The lowest BCUT2D eigenvalue weighted by Crippen LogP contribution is -2.08. The highest BCUT2D eigenvalue weighted by Gasteiger charge is 2.11. The Morgan fingerprint density at radius 1 is 1.17 bits per heavy atom. The second kappa shape index (κ2) is 7.26. The zero-order chi connectivity index (χ0) is 17.0. The van der Waals surface area contributed by atoms with Gasteiger partial charge in [-0.05, 0) is 42.3 Å². The summed E-state index contributed by atoms with van der Waals surface area (Å²) >= 11 is 11.8. The molecule has 0 atom stereocenters. The quantitative estimate of drug-likeness (QED) is 0.486. The lowest BCUT2D eigenvalue weighted by atomic mass is 10.2. The molecule has 0 saturated carbocycles. The van der Waals surface area contributed by atoms with Crippen molar-refractivity contribution in [1.82, 2.24) is 0 Å². The standard InChI is InChI=1S/C16H12Cl2N2O3/c1-10-2-6-14(13(18)8-10)19-16(21)7-4-11-3-5-12(17)15(9-11)20(22)23/h2-9H,1H3,(H,19,21)/b7-4+. The Bertz CT molecular complexity index is 804. The van der Waals surface area contributed by atoms with Crippen molar-refractivity contribution in [2.75, 3.05) is 5.32 Å². The van der Waals surface area contributed by atoms with E-state index >= 15 is 0 Å². The molecular formula is C16H12Cl2N2O3. The SMILES string of the molecule is Cc1ccc(NC(=O)/C=C/c2ccc(Cl)c([N+](=O)[O-])c2)c(Cl)c1. The van der Waals surface area contributed by atoms with E-state index in [9.17, 15) is 14.9 Å². The third-order valence-electron chi connectivity index (χ3n) is 2.98. The van der Waals surface area contributed by atoms with Gasteiger partial charge in [0.25, 0.3) is 5.69 Å². The van der Waals surface area contributed by atoms with Crippen LogP contribution in [-0.2, 0) is 4.79 Å². The molecule has 5 nitrogen and oxygen atoms in total. The lowest BCUT2D eigenvalue weighted by molar-refractivity contribution is -0.384. The molecule has 0 fully saturated rings. The van der Waals surface area contributed by atoms with E-state index in [2.05, 4.69) is 5.32 Å². The van der Waals surface area contributed by atoms with Crippen molar-refractivity contribution in [3.8, 4) is 0 Å². The first-order valence-electron chi connectivity index (χ1n) is 6.56. The van der Waals surface area contributed by atoms with Crippen molar-refractivity contribution in [2.24, 2.45) is 0 Å². The zero-order valence-corrected chi connectivity index (χ0v) is 13.6. The van der Waals surface area contributed by atoms with Crippen molar-refractivity contribution in [3.05, 3.63) is 73.8 Å². The summed E-state index contributed by atoms with van der Waals surface area (Å²) in [5, 5.41) is 13.9. The van der Waals surface area contributed by atoms with Crippen LogP contribution in [0.25, 0.3) is 6.08 Å². The molecule has 0 spiro atoms. The molecule has 2 rings (SSSR count). The van der Waals surface area contributed by atoms with E-state index in [0.29, 0.717) is 16.3 Å². The molecule has 0 aromatic heterocycles. The Morgan fingerprint density at radius 3 is 2.57 bits per heavy atom. The first kappa shape index (κ1) is 17.0. The molecule has 23 heavy (non-hydrogen) atoms. The molecule has 0 aliphatic heterocycles. The van der Waals surface area contributed by atoms with Gasteiger partial charge in [-0.25, -0.2) is 0 Å². The van der Waals surface area contributed by atoms with Gasteiger partial charge < -0.3 is 5.32 Å². The van der Waals surface area contributed by atoms with Crippen molar-refractivity contribution in [1.29, 1.82) is 0 Å². The van der Waals surface area contributed by atoms with E-state index in [1.807, 2.05) is 13.0 Å². The molecule has 0 unspecified atom stereocenters. The van der Waals surface area contributed by atoms with Crippen LogP contribution in [0.2, 0.25) is 10.0 Å². The molecule has 1 N–H and O–H groups in total. The van der Waals surface area contributed by atoms with Crippen molar-refractivity contribution in [3.63, 3.8) is 0 Å². The van der Waals surface area contributed by atoms with E-state index in [4.69, 9.17) is 23.2 Å². The summed E-state index contributed by atoms with van der Waals surface area (Å²) in [4.78, 5) is 22.1. The van der Waals surface area contributed by atoms with Gasteiger partial charge in [-0.1, -0.05) is 35.3 Å². The molecule has 0 aliphatic carbocycles. The van der Waals surface area contributed by atoms with Gasteiger partial charge in [-0.15, -0.1) is 0 Å². The zero-order valence-electron chi connectivity index (χ0n) is 12.0. The first-order chi connectivity index (χ1) is 10.9. The van der Waals surface area contributed by atoms with E-state index in [1.54, 1.807) is 18.2 Å². The molecule has 0 radical (unpaired) electrons. The van der Waals surface area contributed by atoms with Gasteiger partial charge >= 0.3 is 0 Å². The van der Waals surface area contributed by atoms with Gasteiger partial charge in [0.05, 0.1) is 15.6 Å². The number of anilines is 1. The largest absolute Gasteiger partial charge is 0.321 e. The van der Waals surface area contributed by atoms with E-state index in [-0.39, 0.29) is 10.7 Å². The van der Waals surface area contributed by atoms with E-state index < -0.39 is 10.8 Å². The molecule has 118 valence electrons. The van der Waals surface area contributed by atoms with Gasteiger partial charge in [-0.3, -0.25) is 14.9 Å². The van der Waals surface area contributed by atoms with Crippen LogP contribution in [0.5, 0.6) is 0 Å². The molecule has 0 bridgehead atoms.